The zero-order chi connectivity index (χ0) is 23.9. The van der Waals surface area contributed by atoms with Crippen molar-refractivity contribution in [3.63, 3.8) is 0 Å². The van der Waals surface area contributed by atoms with Gasteiger partial charge in [-0.2, -0.15) is 8.78 Å². The number of amides is 1. The molecule has 0 spiro atoms. The molecule has 0 radical (unpaired) electrons. The summed E-state index contributed by atoms with van der Waals surface area (Å²) in [5.74, 6) is -1.23. The molecular weight excluding hydrogens is 432 g/mol. The summed E-state index contributed by atoms with van der Waals surface area (Å²) in [6.45, 7) is -1.23. The van der Waals surface area contributed by atoms with Gasteiger partial charge in [-0.1, -0.05) is 43.3 Å². The number of hydrogen-bond donors (Lipinski definition) is 2. The van der Waals surface area contributed by atoms with Gasteiger partial charge >= 0.3 is 12.6 Å². The number of carboxylic acids is 1. The van der Waals surface area contributed by atoms with Crippen LogP contribution < -0.4 is 10.5 Å². The Morgan fingerprint density at radius 2 is 1.88 bits per heavy atom. The summed E-state index contributed by atoms with van der Waals surface area (Å²) < 4.78 is 29.5. The monoisotopic (exact) mass is 457 g/mol. The molecule has 174 valence electrons. The highest BCUT2D eigenvalue weighted by molar-refractivity contribution is 6.08. The summed E-state index contributed by atoms with van der Waals surface area (Å²) in [6, 6.07) is 13.3. The number of nitrogens with two attached hydrogens (primary N) is 1. The molecule has 33 heavy (non-hydrogen) atoms. The number of hydrogen-bond acceptors (Lipinski definition) is 5. The van der Waals surface area contributed by atoms with Gasteiger partial charge in [0, 0.05) is 7.05 Å². The van der Waals surface area contributed by atoms with Crippen LogP contribution in [0.25, 0.3) is 0 Å². The fourth-order valence-electron chi connectivity index (χ4n) is 4.62. The van der Waals surface area contributed by atoms with Gasteiger partial charge in [0.15, 0.2) is 11.5 Å². The quantitative estimate of drug-likeness (QED) is 0.662. The number of carboxylic acid groups (broad SMARTS) is 1. The number of carbonyl (C=O) groups excluding carboxylic acids is 1. The Morgan fingerprint density at radius 1 is 1.21 bits per heavy atom. The molecule has 0 aromatic heterocycles. The minimum absolute atomic E-state index is 0.0264. The minimum Gasteiger partial charge on any atom is -0.481 e. The van der Waals surface area contributed by atoms with Gasteiger partial charge in [0.25, 0.3) is 5.91 Å². The lowest BCUT2D eigenvalue weighted by Gasteiger charge is -2.38. The molecule has 1 aliphatic carbocycles. The molecule has 0 bridgehead atoms. The number of likely N-dealkylation sites (N-methyl/N-ethyl adjacent to an activating group) is 1. The van der Waals surface area contributed by atoms with Crippen LogP contribution in [0, 0.1) is 11.8 Å². The highest BCUT2D eigenvalue weighted by atomic mass is 19.3. The summed E-state index contributed by atoms with van der Waals surface area (Å²) in [7, 11) is 1.53. The molecule has 1 heterocycles. The molecule has 1 aliphatic heterocycles. The van der Waals surface area contributed by atoms with Gasteiger partial charge in [-0.25, -0.2) is 4.99 Å². The van der Waals surface area contributed by atoms with Crippen LogP contribution in [0.1, 0.15) is 42.4 Å². The van der Waals surface area contributed by atoms with Gasteiger partial charge in [0.2, 0.25) is 0 Å². The van der Waals surface area contributed by atoms with E-state index in [0.29, 0.717) is 11.1 Å². The number of carbonyl (C=O) groups is 2. The van der Waals surface area contributed by atoms with Crippen LogP contribution in [0.5, 0.6) is 5.75 Å². The Labute approximate surface area is 189 Å². The third-order valence-corrected chi connectivity index (χ3v) is 6.78. The van der Waals surface area contributed by atoms with Crippen molar-refractivity contribution in [2.45, 2.75) is 37.8 Å². The van der Waals surface area contributed by atoms with Crippen LogP contribution in [0.15, 0.2) is 53.5 Å². The van der Waals surface area contributed by atoms with Gasteiger partial charge in [0.05, 0.1) is 5.92 Å². The molecule has 2 aromatic carbocycles. The zero-order valence-corrected chi connectivity index (χ0v) is 18.2. The number of halogens is 2. The molecule has 0 saturated heterocycles. The molecular formula is C24H25F2N3O4. The maximum absolute atomic E-state index is 13.4. The largest absolute Gasteiger partial charge is 0.481 e. The van der Waals surface area contributed by atoms with E-state index >= 15 is 0 Å². The third kappa shape index (κ3) is 3.92. The first kappa shape index (κ1) is 22.7. The fourth-order valence-corrected chi connectivity index (χ4v) is 4.62. The highest BCUT2D eigenvalue weighted by Crippen LogP contribution is 2.47. The van der Waals surface area contributed by atoms with E-state index in [0.717, 1.165) is 18.4 Å². The SMILES string of the molecule is CC(C(=O)O)C1CC(c2cccc(C3(c4ccc(OC(F)F)cc4)N=C(N)N(C)C3=O)c2)C1. The summed E-state index contributed by atoms with van der Waals surface area (Å²) >= 11 is 0. The van der Waals surface area contributed by atoms with Gasteiger partial charge in [0.1, 0.15) is 5.75 Å². The van der Waals surface area contributed by atoms with Crippen molar-refractivity contribution in [1.29, 1.82) is 0 Å². The molecule has 4 rings (SSSR count). The molecule has 2 unspecified atom stereocenters. The van der Waals surface area contributed by atoms with Gasteiger partial charge in [-0.3, -0.25) is 14.5 Å². The van der Waals surface area contributed by atoms with Crippen LogP contribution in [0.2, 0.25) is 0 Å². The van der Waals surface area contributed by atoms with E-state index in [1.165, 1.54) is 36.2 Å². The maximum atomic E-state index is 13.4. The first-order valence-electron chi connectivity index (χ1n) is 10.7. The normalized spacial score (nSPS) is 25.5. The second-order valence-electron chi connectivity index (χ2n) is 8.63. The van der Waals surface area contributed by atoms with E-state index in [1.54, 1.807) is 13.0 Å². The number of rotatable bonds is 7. The Balaban J connectivity index is 1.70. The summed E-state index contributed by atoms with van der Waals surface area (Å²) in [5, 5.41) is 9.25. The number of ether oxygens (including phenoxy) is 1. The van der Waals surface area contributed by atoms with E-state index in [9.17, 15) is 23.5 Å². The lowest BCUT2D eigenvalue weighted by molar-refractivity contribution is -0.144. The van der Waals surface area contributed by atoms with Crippen molar-refractivity contribution in [2.24, 2.45) is 22.6 Å². The van der Waals surface area contributed by atoms with E-state index in [-0.39, 0.29) is 29.5 Å². The second kappa shape index (κ2) is 8.46. The number of nitrogens with zero attached hydrogens (tertiary/aromatic N) is 2. The lowest BCUT2D eigenvalue weighted by atomic mass is 9.66. The first-order valence-corrected chi connectivity index (χ1v) is 10.7. The number of guanidine groups is 1. The maximum Gasteiger partial charge on any atom is 0.387 e. The molecule has 1 amide bonds. The van der Waals surface area contributed by atoms with Crippen LogP contribution in [0.3, 0.4) is 0 Å². The van der Waals surface area contributed by atoms with Gasteiger partial charge in [-0.05, 0) is 53.5 Å². The average Bonchev–Trinajstić information content (AvgIpc) is 2.98. The first-order chi connectivity index (χ1) is 15.6. The Morgan fingerprint density at radius 3 is 2.42 bits per heavy atom. The molecule has 9 heteroatoms. The molecule has 1 saturated carbocycles. The fraction of sp³-hybridized carbons (Fsp3) is 0.375. The third-order valence-electron chi connectivity index (χ3n) is 6.78. The van der Waals surface area contributed by atoms with Crippen LogP contribution in [-0.2, 0) is 15.1 Å². The number of aliphatic carboxylic acids is 1. The Hall–Kier alpha value is -3.49. The minimum atomic E-state index is -2.95. The highest BCUT2D eigenvalue weighted by Gasteiger charge is 2.50. The smallest absolute Gasteiger partial charge is 0.387 e. The standard InChI is InChI=1S/C24H25F2N3O4/c1-13(20(30)31)15-10-16(11-15)14-4-3-5-18(12-14)24(21(32)29(2)23(27)28-24)17-6-8-19(9-7-17)33-22(25)26/h3-9,12-13,15-16,22H,10-11H2,1-2H3,(H2,27,28)(H,30,31). The van der Waals surface area contributed by atoms with Crippen molar-refractivity contribution >= 4 is 17.8 Å². The van der Waals surface area contributed by atoms with Gasteiger partial charge < -0.3 is 15.6 Å². The predicted octanol–water partition coefficient (Wildman–Crippen LogP) is 3.53. The van der Waals surface area contributed by atoms with E-state index in [2.05, 4.69) is 9.73 Å². The van der Waals surface area contributed by atoms with Crippen molar-refractivity contribution in [3.8, 4) is 5.75 Å². The summed E-state index contributed by atoms with van der Waals surface area (Å²) in [6.07, 6.45) is 1.51. The number of benzene rings is 2. The van der Waals surface area contributed by atoms with Crippen LogP contribution >= 0.6 is 0 Å². The van der Waals surface area contributed by atoms with Crippen LogP contribution in [-0.4, -0.2) is 41.5 Å². The van der Waals surface area contributed by atoms with E-state index in [1.807, 2.05) is 18.2 Å². The van der Waals surface area contributed by atoms with Crippen molar-refractivity contribution < 1.29 is 28.2 Å². The average molecular weight is 457 g/mol. The van der Waals surface area contributed by atoms with Gasteiger partial charge in [-0.15, -0.1) is 0 Å². The number of alkyl halides is 2. The van der Waals surface area contributed by atoms with E-state index < -0.39 is 24.0 Å². The zero-order valence-electron chi connectivity index (χ0n) is 18.2. The molecule has 3 N–H and O–H groups in total. The summed E-state index contributed by atoms with van der Waals surface area (Å²) in [5.41, 5.74) is 6.63. The van der Waals surface area contributed by atoms with Crippen LogP contribution in [0.4, 0.5) is 8.78 Å². The molecule has 1 fully saturated rings. The number of aliphatic imine (C=N–C) groups is 1. The Kier molecular flexibility index (Phi) is 5.82. The molecule has 7 nitrogen and oxygen atoms in total. The van der Waals surface area contributed by atoms with E-state index in [4.69, 9.17) is 5.73 Å². The lowest BCUT2D eigenvalue weighted by Crippen LogP contribution is -2.41. The molecule has 2 atom stereocenters. The predicted molar refractivity (Wildman–Crippen MR) is 117 cm³/mol. The summed E-state index contributed by atoms with van der Waals surface area (Å²) in [4.78, 5) is 30.5. The van der Waals surface area contributed by atoms with Crippen molar-refractivity contribution in [2.75, 3.05) is 7.05 Å². The van der Waals surface area contributed by atoms with Crippen molar-refractivity contribution in [3.05, 3.63) is 65.2 Å². The second-order valence-corrected chi connectivity index (χ2v) is 8.63. The molecule has 2 aliphatic rings. The molecule has 2 aromatic rings. The topological polar surface area (TPSA) is 105 Å². The van der Waals surface area contributed by atoms with Crippen molar-refractivity contribution in [1.82, 2.24) is 4.90 Å². The Bertz CT molecular complexity index is 1100.